The average molecular weight is 574 g/mol. The number of benzene rings is 2. The first-order chi connectivity index (χ1) is 18.4. The van der Waals surface area contributed by atoms with E-state index in [4.69, 9.17) is 21.3 Å². The van der Waals surface area contributed by atoms with Gasteiger partial charge in [0.2, 0.25) is 15.9 Å². The van der Waals surface area contributed by atoms with E-state index in [-0.39, 0.29) is 17.3 Å². The number of rotatable bonds is 9. The molecule has 0 spiro atoms. The van der Waals surface area contributed by atoms with E-state index < -0.39 is 15.9 Å². The first-order valence-electron chi connectivity index (χ1n) is 12.4. The molecule has 1 saturated heterocycles. The van der Waals surface area contributed by atoms with Crippen molar-refractivity contribution < 1.29 is 17.9 Å². The minimum atomic E-state index is -3.76. The number of para-hydroxylation sites is 1. The van der Waals surface area contributed by atoms with Crippen molar-refractivity contribution in [1.82, 2.24) is 19.1 Å². The van der Waals surface area contributed by atoms with E-state index in [1.165, 1.54) is 27.8 Å². The molecule has 0 saturated carbocycles. The van der Waals surface area contributed by atoms with Crippen LogP contribution in [0.3, 0.4) is 0 Å². The Morgan fingerprint density at radius 3 is 2.76 bits per heavy atom. The number of halogens is 1. The highest BCUT2D eigenvalue weighted by Gasteiger charge is 2.36. The summed E-state index contributed by atoms with van der Waals surface area (Å²) in [5.41, 5.74) is 0.710. The van der Waals surface area contributed by atoms with Crippen LogP contribution < -0.4 is 9.64 Å². The van der Waals surface area contributed by atoms with Gasteiger partial charge in [-0.3, -0.25) is 14.4 Å². The normalized spacial score (nSPS) is 16.5. The number of amides is 1. The first kappa shape index (κ1) is 26.6. The molecule has 1 aliphatic rings. The number of nitrogens with zero attached hydrogens (tertiary/aromatic N) is 5. The molecule has 1 atom stereocenters. The maximum absolute atomic E-state index is 14.0. The van der Waals surface area contributed by atoms with Crippen molar-refractivity contribution in [2.24, 2.45) is 5.92 Å². The summed E-state index contributed by atoms with van der Waals surface area (Å²) < 4.78 is 36.5. The van der Waals surface area contributed by atoms with Crippen LogP contribution in [0.1, 0.15) is 19.8 Å². The molecule has 2 aromatic carbocycles. The van der Waals surface area contributed by atoms with Gasteiger partial charge in [0.05, 0.1) is 28.7 Å². The summed E-state index contributed by atoms with van der Waals surface area (Å²) in [5, 5.41) is 5.29. The van der Waals surface area contributed by atoms with Crippen LogP contribution in [0.25, 0.3) is 10.2 Å². The van der Waals surface area contributed by atoms with Gasteiger partial charge in [0.25, 0.3) is 0 Å². The Kier molecular flexibility index (Phi) is 7.98. The van der Waals surface area contributed by atoms with Gasteiger partial charge in [-0.2, -0.15) is 9.40 Å². The quantitative estimate of drug-likeness (QED) is 0.288. The summed E-state index contributed by atoms with van der Waals surface area (Å²) >= 11 is 7.37. The van der Waals surface area contributed by atoms with Crippen molar-refractivity contribution in [2.75, 3.05) is 31.1 Å². The molecule has 0 radical (unpaired) electrons. The SMILES string of the molecule is CCOc1cccc2sc(N(CCn3cccn3)C(=O)C3CCCN(S(=O)(=O)c4ccc(Cl)cc4)C3)nc12. The van der Waals surface area contributed by atoms with Crippen LogP contribution in [0.5, 0.6) is 5.75 Å². The Labute approximate surface area is 230 Å². The predicted molar refractivity (Wildman–Crippen MR) is 148 cm³/mol. The third kappa shape index (κ3) is 5.56. The van der Waals surface area contributed by atoms with Gasteiger partial charge in [-0.25, -0.2) is 13.4 Å². The van der Waals surface area contributed by atoms with Gasteiger partial charge in [-0.05, 0) is 62.2 Å². The number of ether oxygens (including phenoxy) is 1. The molecule has 1 aliphatic heterocycles. The number of hydrogen-bond donors (Lipinski definition) is 0. The molecule has 1 unspecified atom stereocenters. The van der Waals surface area contributed by atoms with Gasteiger partial charge < -0.3 is 4.74 Å². The molecule has 0 aliphatic carbocycles. The Balaban J connectivity index is 1.43. The number of hydrogen-bond acceptors (Lipinski definition) is 7. The molecular weight excluding hydrogens is 546 g/mol. The molecule has 1 fully saturated rings. The van der Waals surface area contributed by atoms with E-state index in [0.29, 0.717) is 60.5 Å². The molecule has 2 aromatic heterocycles. The van der Waals surface area contributed by atoms with Gasteiger partial charge in [0.15, 0.2) is 5.13 Å². The second kappa shape index (κ2) is 11.4. The minimum absolute atomic E-state index is 0.108. The molecule has 9 nitrogen and oxygen atoms in total. The van der Waals surface area contributed by atoms with Crippen LogP contribution in [0.2, 0.25) is 5.02 Å². The van der Waals surface area contributed by atoms with Crippen LogP contribution in [-0.2, 0) is 21.4 Å². The first-order valence-corrected chi connectivity index (χ1v) is 15.1. The Morgan fingerprint density at radius 1 is 1.21 bits per heavy atom. The number of carbonyl (C=O) groups excluding carboxylic acids is 1. The van der Waals surface area contributed by atoms with Crippen molar-refractivity contribution in [3.05, 3.63) is 65.9 Å². The van der Waals surface area contributed by atoms with Crippen LogP contribution in [0, 0.1) is 5.92 Å². The fourth-order valence-corrected chi connectivity index (χ4v) is 7.24. The topological polar surface area (TPSA) is 97.6 Å². The molecular formula is C26H28ClN5O4S2. The van der Waals surface area contributed by atoms with E-state index in [1.807, 2.05) is 37.4 Å². The highest BCUT2D eigenvalue weighted by molar-refractivity contribution is 7.89. The molecule has 200 valence electrons. The summed E-state index contributed by atoms with van der Waals surface area (Å²) in [6.45, 7) is 3.72. The number of anilines is 1. The number of aromatic nitrogens is 3. The van der Waals surface area contributed by atoms with Gasteiger partial charge >= 0.3 is 0 Å². The third-order valence-corrected chi connectivity index (χ3v) is 9.64. The molecule has 4 aromatic rings. The van der Waals surface area contributed by atoms with Crippen molar-refractivity contribution >= 4 is 54.2 Å². The highest BCUT2D eigenvalue weighted by atomic mass is 35.5. The smallest absolute Gasteiger partial charge is 0.243 e. The third-order valence-electron chi connectivity index (χ3n) is 6.46. The molecule has 0 bridgehead atoms. The molecule has 5 rings (SSSR count). The van der Waals surface area contributed by atoms with E-state index in [9.17, 15) is 13.2 Å². The van der Waals surface area contributed by atoms with E-state index in [2.05, 4.69) is 5.10 Å². The Hall–Kier alpha value is -2.99. The summed E-state index contributed by atoms with van der Waals surface area (Å²) in [5.74, 6) is 0.0249. The van der Waals surface area contributed by atoms with Crippen LogP contribution >= 0.6 is 22.9 Å². The van der Waals surface area contributed by atoms with Crippen LogP contribution in [0.15, 0.2) is 65.8 Å². The molecule has 38 heavy (non-hydrogen) atoms. The fraction of sp³-hybridized carbons (Fsp3) is 0.346. The monoisotopic (exact) mass is 573 g/mol. The second-order valence-electron chi connectivity index (χ2n) is 8.95. The van der Waals surface area contributed by atoms with Crippen molar-refractivity contribution in [1.29, 1.82) is 0 Å². The second-order valence-corrected chi connectivity index (χ2v) is 12.3. The lowest BCUT2D eigenvalue weighted by atomic mass is 9.98. The molecule has 1 amide bonds. The van der Waals surface area contributed by atoms with E-state index in [1.54, 1.807) is 27.9 Å². The van der Waals surface area contributed by atoms with Crippen LogP contribution in [-0.4, -0.2) is 59.6 Å². The number of thiazole rings is 1. The number of carbonyl (C=O) groups is 1. The largest absolute Gasteiger partial charge is 0.492 e. The van der Waals surface area contributed by atoms with Crippen molar-refractivity contribution in [3.8, 4) is 5.75 Å². The van der Waals surface area contributed by atoms with Gasteiger partial charge in [0, 0.05) is 37.1 Å². The zero-order valence-electron chi connectivity index (χ0n) is 20.9. The van der Waals surface area contributed by atoms with Crippen molar-refractivity contribution in [3.63, 3.8) is 0 Å². The lowest BCUT2D eigenvalue weighted by molar-refractivity contribution is -0.123. The maximum atomic E-state index is 14.0. The minimum Gasteiger partial charge on any atom is -0.492 e. The Morgan fingerprint density at radius 2 is 2.03 bits per heavy atom. The zero-order valence-corrected chi connectivity index (χ0v) is 23.3. The van der Waals surface area contributed by atoms with Gasteiger partial charge in [-0.1, -0.05) is 29.0 Å². The summed E-state index contributed by atoms with van der Waals surface area (Å²) in [6, 6.07) is 13.7. The summed E-state index contributed by atoms with van der Waals surface area (Å²) in [4.78, 5) is 20.6. The highest BCUT2D eigenvalue weighted by Crippen LogP contribution is 2.35. The number of sulfonamides is 1. The predicted octanol–water partition coefficient (Wildman–Crippen LogP) is 4.68. The maximum Gasteiger partial charge on any atom is 0.243 e. The van der Waals surface area contributed by atoms with Gasteiger partial charge in [-0.15, -0.1) is 0 Å². The molecule has 0 N–H and O–H groups in total. The fourth-order valence-electron chi connectivity index (χ4n) is 4.57. The summed E-state index contributed by atoms with van der Waals surface area (Å²) in [6.07, 6.45) is 4.72. The number of fused-ring (bicyclic) bond motifs is 1. The average Bonchev–Trinajstić information content (AvgIpc) is 3.60. The standard InChI is InChI=1S/C26H28ClN5O4S2/c1-2-36-22-7-3-8-23-24(22)29-26(37-23)32(17-16-30-14-5-13-28-30)25(33)19-6-4-15-31(18-19)38(34,35)21-11-9-20(27)10-12-21/h3,5,7-14,19H,2,4,6,15-18H2,1H3. The van der Waals surface area contributed by atoms with E-state index >= 15 is 0 Å². The molecule has 12 heteroatoms. The number of piperidine rings is 1. The Bertz CT molecular complexity index is 1510. The lowest BCUT2D eigenvalue weighted by Crippen LogP contribution is -2.47. The van der Waals surface area contributed by atoms with Crippen LogP contribution in [0.4, 0.5) is 5.13 Å². The van der Waals surface area contributed by atoms with Crippen molar-refractivity contribution in [2.45, 2.75) is 31.2 Å². The zero-order chi connectivity index (χ0) is 26.7. The van der Waals surface area contributed by atoms with E-state index in [0.717, 1.165) is 4.70 Å². The lowest BCUT2D eigenvalue weighted by Gasteiger charge is -2.33. The summed E-state index contributed by atoms with van der Waals surface area (Å²) in [7, 11) is -3.76. The van der Waals surface area contributed by atoms with Gasteiger partial charge in [0.1, 0.15) is 11.3 Å². The molecule has 3 heterocycles.